The molecule has 0 saturated carbocycles. The molecule has 0 aromatic heterocycles. The minimum Gasteiger partial charge on any atom is -0.458 e. The molecule has 0 spiro atoms. The smallest absolute Gasteiger partial charge is 0.312 e. The molecule has 0 aromatic carbocycles. The number of methoxy groups -OCH3 is 1. The Kier molecular flexibility index (Phi) is 4.81. The van der Waals surface area contributed by atoms with E-state index < -0.39 is 0 Å². The van der Waals surface area contributed by atoms with Gasteiger partial charge in [-0.05, 0) is 45.6 Å². The van der Waals surface area contributed by atoms with Gasteiger partial charge in [0.15, 0.2) is 0 Å². The third-order valence-electron chi connectivity index (χ3n) is 4.19. The van der Waals surface area contributed by atoms with Crippen molar-refractivity contribution in [1.29, 1.82) is 0 Å². The fourth-order valence-electron chi connectivity index (χ4n) is 3.01. The van der Waals surface area contributed by atoms with Gasteiger partial charge < -0.3 is 9.47 Å². The first-order valence-corrected chi connectivity index (χ1v) is 7.14. The molecule has 3 unspecified atom stereocenters. The van der Waals surface area contributed by atoms with Crippen LogP contribution in [0.2, 0.25) is 0 Å². The molecule has 2 aliphatic rings. The van der Waals surface area contributed by atoms with Crippen molar-refractivity contribution in [2.24, 2.45) is 11.8 Å². The highest BCUT2D eigenvalue weighted by Gasteiger charge is 2.43. The highest BCUT2D eigenvalue weighted by molar-refractivity contribution is 5.75. The van der Waals surface area contributed by atoms with Crippen molar-refractivity contribution in [3.8, 4) is 0 Å². The van der Waals surface area contributed by atoms with Crippen molar-refractivity contribution < 1.29 is 14.3 Å². The van der Waals surface area contributed by atoms with Gasteiger partial charge in [-0.2, -0.15) is 0 Å². The Labute approximate surface area is 115 Å². The van der Waals surface area contributed by atoms with Crippen molar-refractivity contribution >= 4 is 5.97 Å². The summed E-state index contributed by atoms with van der Waals surface area (Å²) in [6, 6.07) is 0. The average molecular weight is 264 g/mol. The molecule has 1 aliphatic heterocycles. The van der Waals surface area contributed by atoms with Gasteiger partial charge >= 0.3 is 5.97 Å². The molecule has 0 aromatic rings. The van der Waals surface area contributed by atoms with Gasteiger partial charge in [0.1, 0.15) is 6.10 Å². The van der Waals surface area contributed by atoms with Crippen LogP contribution in [-0.2, 0) is 14.3 Å². The van der Waals surface area contributed by atoms with Crippen molar-refractivity contribution in [2.45, 2.75) is 45.6 Å². The number of hydrogen-bond donors (Lipinski definition) is 0. The third kappa shape index (κ3) is 3.47. The lowest BCUT2D eigenvalue weighted by Crippen LogP contribution is -2.24. The molecular formula is C16H24O3. The van der Waals surface area contributed by atoms with Crippen LogP contribution >= 0.6 is 0 Å². The molecule has 3 heteroatoms. The van der Waals surface area contributed by atoms with Crippen LogP contribution in [-0.4, -0.2) is 25.8 Å². The third-order valence-corrected chi connectivity index (χ3v) is 4.19. The minimum atomic E-state index is -0.105. The van der Waals surface area contributed by atoms with Gasteiger partial charge in [-0.1, -0.05) is 17.2 Å². The van der Waals surface area contributed by atoms with E-state index in [2.05, 4.69) is 26.0 Å². The van der Waals surface area contributed by atoms with Crippen LogP contribution in [0, 0.1) is 11.8 Å². The Bertz CT molecular complexity index is 395. The Morgan fingerprint density at radius 2 is 2.11 bits per heavy atom. The van der Waals surface area contributed by atoms with E-state index in [-0.39, 0.29) is 23.9 Å². The van der Waals surface area contributed by atoms with Crippen LogP contribution in [0.4, 0.5) is 0 Å². The number of allylic oxidation sites excluding steroid dienone is 3. The van der Waals surface area contributed by atoms with Crippen molar-refractivity contribution in [3.63, 3.8) is 0 Å². The zero-order valence-electron chi connectivity index (χ0n) is 12.1. The lowest BCUT2D eigenvalue weighted by molar-refractivity contribution is -0.144. The number of carbonyl (C=O) groups is 1. The average Bonchev–Trinajstić information content (AvgIpc) is 2.63. The molecule has 0 bridgehead atoms. The van der Waals surface area contributed by atoms with E-state index in [0.29, 0.717) is 6.61 Å². The normalized spacial score (nSPS) is 32.2. The van der Waals surface area contributed by atoms with E-state index in [1.807, 2.05) is 0 Å². The molecule has 1 heterocycles. The summed E-state index contributed by atoms with van der Waals surface area (Å²) in [5, 5.41) is 0. The maximum absolute atomic E-state index is 12.0. The lowest BCUT2D eigenvalue weighted by Gasteiger charge is -2.20. The molecule has 0 amide bonds. The topological polar surface area (TPSA) is 35.5 Å². The summed E-state index contributed by atoms with van der Waals surface area (Å²) in [7, 11) is 1.65. The van der Waals surface area contributed by atoms with E-state index >= 15 is 0 Å². The van der Waals surface area contributed by atoms with Crippen LogP contribution in [0.25, 0.3) is 0 Å². The Morgan fingerprint density at radius 1 is 1.32 bits per heavy atom. The van der Waals surface area contributed by atoms with Crippen LogP contribution < -0.4 is 0 Å². The summed E-state index contributed by atoms with van der Waals surface area (Å²) in [6.07, 6.45) is 8.58. The first kappa shape index (κ1) is 14.3. The molecule has 0 radical (unpaired) electrons. The molecule has 1 fully saturated rings. The summed E-state index contributed by atoms with van der Waals surface area (Å²) in [4.78, 5) is 12.0. The summed E-state index contributed by atoms with van der Waals surface area (Å²) < 4.78 is 10.7. The Morgan fingerprint density at radius 3 is 2.84 bits per heavy atom. The fraction of sp³-hybridized carbons (Fsp3) is 0.688. The van der Waals surface area contributed by atoms with Gasteiger partial charge in [0.05, 0.1) is 12.5 Å². The summed E-state index contributed by atoms with van der Waals surface area (Å²) in [5.41, 5.74) is 2.73. The number of esters is 1. The number of carbonyl (C=O) groups excluding carboxylic acids is 1. The van der Waals surface area contributed by atoms with Crippen LogP contribution in [0.1, 0.15) is 39.5 Å². The molecule has 3 nitrogen and oxygen atoms in total. The van der Waals surface area contributed by atoms with Gasteiger partial charge in [0.25, 0.3) is 0 Å². The lowest BCUT2D eigenvalue weighted by atomic mass is 9.84. The largest absolute Gasteiger partial charge is 0.458 e. The molecule has 106 valence electrons. The standard InChI is InChI=1S/C16H24O3/c1-11-5-4-6-12(2)9-15-13(8-7-11)14(10-18-3)16(17)19-15/h5,9,13-15H,4,6-8,10H2,1-3H3. The van der Waals surface area contributed by atoms with Gasteiger partial charge in [0, 0.05) is 13.0 Å². The van der Waals surface area contributed by atoms with Crippen LogP contribution in [0.5, 0.6) is 0 Å². The van der Waals surface area contributed by atoms with Gasteiger partial charge in [-0.3, -0.25) is 4.79 Å². The molecular weight excluding hydrogens is 240 g/mol. The second kappa shape index (κ2) is 6.38. The summed E-state index contributed by atoms with van der Waals surface area (Å²) in [5.74, 6) is 0.0527. The van der Waals surface area contributed by atoms with Crippen molar-refractivity contribution in [2.75, 3.05) is 13.7 Å². The molecule has 0 N–H and O–H groups in total. The maximum atomic E-state index is 12.0. The van der Waals surface area contributed by atoms with E-state index in [9.17, 15) is 4.79 Å². The van der Waals surface area contributed by atoms with Crippen molar-refractivity contribution in [1.82, 2.24) is 0 Å². The first-order chi connectivity index (χ1) is 9.11. The van der Waals surface area contributed by atoms with E-state index in [0.717, 1.165) is 25.7 Å². The van der Waals surface area contributed by atoms with E-state index in [4.69, 9.17) is 9.47 Å². The molecule has 3 atom stereocenters. The van der Waals surface area contributed by atoms with Gasteiger partial charge in [0.2, 0.25) is 0 Å². The fourth-order valence-corrected chi connectivity index (χ4v) is 3.01. The number of fused-ring (bicyclic) bond motifs is 1. The predicted octanol–water partition coefficient (Wildman–Crippen LogP) is 3.26. The number of hydrogen-bond acceptors (Lipinski definition) is 3. The first-order valence-electron chi connectivity index (χ1n) is 7.14. The SMILES string of the molecule is COCC1C(=O)OC2C=C(C)CCC=C(C)CCC21. The molecule has 1 aliphatic carbocycles. The Balaban J connectivity index is 2.20. The zero-order valence-corrected chi connectivity index (χ0v) is 12.1. The minimum absolute atomic E-state index is 0.0569. The Hall–Kier alpha value is -1.09. The molecule has 1 saturated heterocycles. The maximum Gasteiger partial charge on any atom is 0.312 e. The van der Waals surface area contributed by atoms with Crippen LogP contribution in [0.15, 0.2) is 23.3 Å². The predicted molar refractivity (Wildman–Crippen MR) is 74.7 cm³/mol. The highest BCUT2D eigenvalue weighted by Crippen LogP contribution is 2.35. The van der Waals surface area contributed by atoms with E-state index in [1.165, 1.54) is 11.1 Å². The van der Waals surface area contributed by atoms with Crippen LogP contribution in [0.3, 0.4) is 0 Å². The van der Waals surface area contributed by atoms with Gasteiger partial charge in [-0.15, -0.1) is 0 Å². The van der Waals surface area contributed by atoms with Crippen molar-refractivity contribution in [3.05, 3.63) is 23.3 Å². The molecule has 19 heavy (non-hydrogen) atoms. The molecule has 2 rings (SSSR count). The second-order valence-corrected chi connectivity index (χ2v) is 5.77. The number of rotatable bonds is 2. The number of ether oxygens (including phenoxy) is 2. The second-order valence-electron chi connectivity index (χ2n) is 5.77. The van der Waals surface area contributed by atoms with Gasteiger partial charge in [-0.25, -0.2) is 0 Å². The monoisotopic (exact) mass is 264 g/mol. The zero-order chi connectivity index (χ0) is 13.8. The van der Waals surface area contributed by atoms with E-state index in [1.54, 1.807) is 7.11 Å². The summed E-state index contributed by atoms with van der Waals surface area (Å²) >= 11 is 0. The highest BCUT2D eigenvalue weighted by atomic mass is 16.6. The quantitative estimate of drug-likeness (QED) is 0.567. The summed E-state index contributed by atoms with van der Waals surface area (Å²) in [6.45, 7) is 4.77.